The molecule has 0 aliphatic rings. The predicted octanol–water partition coefficient (Wildman–Crippen LogP) is 2.79. The molecule has 0 unspecified atom stereocenters. The van der Waals surface area contributed by atoms with Gasteiger partial charge < -0.3 is 10.4 Å². The van der Waals surface area contributed by atoms with Crippen molar-refractivity contribution in [2.75, 3.05) is 6.54 Å². The standard InChI is InChI=1S/C16H15ClN2OS2/c1-3-8-18-16(21)14(19-9-4-5-11(2)10-19)15(20)12-6-7-13(17)22-12/h3-7,9-10H,1,8H2,2H3,(H-,18,20,21). The number of hydrogen-bond donors (Lipinski definition) is 1. The molecule has 0 saturated carbocycles. The molecule has 0 amide bonds. The summed E-state index contributed by atoms with van der Waals surface area (Å²) in [7, 11) is 0. The summed E-state index contributed by atoms with van der Waals surface area (Å²) in [5, 5.41) is 15.8. The molecule has 2 aromatic heterocycles. The van der Waals surface area contributed by atoms with Crippen LogP contribution >= 0.6 is 35.2 Å². The summed E-state index contributed by atoms with van der Waals surface area (Å²) in [5.74, 6) is -0.158. The van der Waals surface area contributed by atoms with Crippen LogP contribution in [0.3, 0.4) is 0 Å². The zero-order valence-corrected chi connectivity index (χ0v) is 14.4. The van der Waals surface area contributed by atoms with E-state index in [1.54, 1.807) is 29.0 Å². The number of thiophene rings is 1. The van der Waals surface area contributed by atoms with Crippen LogP contribution in [0.1, 0.15) is 10.4 Å². The van der Waals surface area contributed by atoms with Gasteiger partial charge >= 0.3 is 0 Å². The van der Waals surface area contributed by atoms with Crippen molar-refractivity contribution in [3.8, 4) is 0 Å². The predicted molar refractivity (Wildman–Crippen MR) is 94.6 cm³/mol. The van der Waals surface area contributed by atoms with Crippen molar-refractivity contribution in [3.63, 3.8) is 0 Å². The molecule has 22 heavy (non-hydrogen) atoms. The maximum Gasteiger partial charge on any atom is 0.238 e. The first kappa shape index (κ1) is 16.7. The number of aromatic nitrogens is 1. The average molecular weight is 351 g/mol. The van der Waals surface area contributed by atoms with Crippen molar-refractivity contribution in [3.05, 3.63) is 64.1 Å². The molecule has 0 spiro atoms. The molecule has 0 aliphatic carbocycles. The number of nitrogens with zero attached hydrogens (tertiary/aromatic N) is 1. The zero-order valence-electron chi connectivity index (χ0n) is 12.0. The van der Waals surface area contributed by atoms with Crippen LogP contribution in [0.5, 0.6) is 0 Å². The SMILES string of the molecule is C=CCNC(=S)/C(=C(\[O-])c1ccc(Cl)s1)[n+]1cccc(C)c1. The molecule has 2 heterocycles. The van der Waals surface area contributed by atoms with Crippen LogP contribution in [-0.4, -0.2) is 11.5 Å². The monoisotopic (exact) mass is 350 g/mol. The van der Waals surface area contributed by atoms with Gasteiger partial charge in [0, 0.05) is 23.1 Å². The first-order valence-corrected chi connectivity index (χ1v) is 8.17. The summed E-state index contributed by atoms with van der Waals surface area (Å²) in [5.41, 5.74) is 1.43. The van der Waals surface area contributed by atoms with E-state index < -0.39 is 0 Å². The van der Waals surface area contributed by atoms with Crippen LogP contribution in [0.25, 0.3) is 11.5 Å². The van der Waals surface area contributed by atoms with Gasteiger partial charge in [-0.25, -0.2) is 0 Å². The molecular formula is C16H15ClN2OS2. The highest BCUT2D eigenvalue weighted by Gasteiger charge is 2.19. The fourth-order valence-electron chi connectivity index (χ4n) is 1.87. The Kier molecular flexibility index (Phi) is 5.71. The lowest BCUT2D eigenvalue weighted by Gasteiger charge is -2.15. The number of rotatable bonds is 5. The normalized spacial score (nSPS) is 11.7. The van der Waals surface area contributed by atoms with Crippen LogP contribution in [0.2, 0.25) is 4.34 Å². The van der Waals surface area contributed by atoms with Crippen molar-refractivity contribution in [1.82, 2.24) is 5.32 Å². The first-order valence-electron chi connectivity index (χ1n) is 6.57. The third-order valence-electron chi connectivity index (χ3n) is 2.84. The third-order valence-corrected chi connectivity index (χ3v) is 4.41. The molecule has 6 heteroatoms. The van der Waals surface area contributed by atoms with E-state index in [1.165, 1.54) is 11.3 Å². The van der Waals surface area contributed by atoms with Crippen LogP contribution in [0.4, 0.5) is 0 Å². The number of thiocarbonyl (C=S) groups is 1. The van der Waals surface area contributed by atoms with Crippen molar-refractivity contribution in [2.45, 2.75) is 6.92 Å². The van der Waals surface area contributed by atoms with Gasteiger partial charge in [0.05, 0.1) is 4.34 Å². The number of hydrogen-bond acceptors (Lipinski definition) is 3. The molecule has 0 aliphatic heterocycles. The number of aryl methyl sites for hydroxylation is 1. The number of pyridine rings is 1. The van der Waals surface area contributed by atoms with E-state index in [0.717, 1.165) is 5.56 Å². The van der Waals surface area contributed by atoms with E-state index in [2.05, 4.69) is 11.9 Å². The van der Waals surface area contributed by atoms with E-state index >= 15 is 0 Å². The van der Waals surface area contributed by atoms with Gasteiger partial charge in [-0.05, 0) is 30.9 Å². The fourth-order valence-corrected chi connectivity index (χ4v) is 3.14. The summed E-state index contributed by atoms with van der Waals surface area (Å²) >= 11 is 12.6. The van der Waals surface area contributed by atoms with Gasteiger partial charge in [-0.3, -0.25) is 0 Å². The van der Waals surface area contributed by atoms with Gasteiger partial charge in [0.25, 0.3) is 0 Å². The second kappa shape index (κ2) is 7.54. The van der Waals surface area contributed by atoms with Crippen LogP contribution in [0.15, 0.2) is 49.3 Å². The number of halogens is 1. The molecular weight excluding hydrogens is 336 g/mol. The molecule has 0 saturated heterocycles. The minimum atomic E-state index is -0.158. The molecule has 3 nitrogen and oxygen atoms in total. The summed E-state index contributed by atoms with van der Waals surface area (Å²) in [6.45, 7) is 6.10. The van der Waals surface area contributed by atoms with Gasteiger partial charge in [0.1, 0.15) is 0 Å². The maximum absolute atomic E-state index is 12.8. The van der Waals surface area contributed by atoms with Gasteiger partial charge in [-0.1, -0.05) is 29.9 Å². The maximum atomic E-state index is 12.8. The van der Waals surface area contributed by atoms with Gasteiger partial charge in [0.15, 0.2) is 17.4 Å². The Hall–Kier alpha value is -1.69. The summed E-state index contributed by atoms with van der Waals surface area (Å²) in [6, 6.07) is 7.25. The van der Waals surface area contributed by atoms with Crippen LogP contribution in [-0.2, 0) is 0 Å². The topological polar surface area (TPSA) is 39.0 Å². The van der Waals surface area contributed by atoms with E-state index in [0.29, 0.717) is 26.4 Å². The van der Waals surface area contributed by atoms with Crippen LogP contribution in [0, 0.1) is 6.92 Å². The zero-order chi connectivity index (χ0) is 16.1. The summed E-state index contributed by atoms with van der Waals surface area (Å²) < 4.78 is 2.31. The average Bonchev–Trinajstić information content (AvgIpc) is 2.92. The Morgan fingerprint density at radius 3 is 2.86 bits per heavy atom. The molecule has 0 atom stereocenters. The first-order chi connectivity index (χ1) is 10.5. The molecule has 0 aromatic carbocycles. The molecule has 0 bridgehead atoms. The molecule has 0 fully saturated rings. The minimum Gasteiger partial charge on any atom is -0.867 e. The lowest BCUT2D eigenvalue weighted by molar-refractivity contribution is -0.578. The Morgan fingerprint density at radius 1 is 1.50 bits per heavy atom. The van der Waals surface area contributed by atoms with Crippen molar-refractivity contribution in [2.24, 2.45) is 0 Å². The fraction of sp³-hybridized carbons (Fsp3) is 0.125. The van der Waals surface area contributed by atoms with Crippen molar-refractivity contribution >= 4 is 51.6 Å². The molecule has 0 radical (unpaired) electrons. The largest absolute Gasteiger partial charge is 0.867 e. The molecule has 2 rings (SSSR count). The van der Waals surface area contributed by atoms with E-state index in [9.17, 15) is 5.11 Å². The van der Waals surface area contributed by atoms with Crippen molar-refractivity contribution < 1.29 is 9.67 Å². The van der Waals surface area contributed by atoms with E-state index in [-0.39, 0.29) is 5.76 Å². The lowest BCUT2D eigenvalue weighted by atomic mass is 10.2. The Balaban J connectivity index is 2.54. The smallest absolute Gasteiger partial charge is 0.238 e. The summed E-state index contributed by atoms with van der Waals surface area (Å²) in [4.78, 5) is 0.932. The minimum absolute atomic E-state index is 0.158. The summed E-state index contributed by atoms with van der Waals surface area (Å²) in [6.07, 6.45) is 5.36. The lowest BCUT2D eigenvalue weighted by Crippen LogP contribution is -2.42. The molecule has 114 valence electrons. The van der Waals surface area contributed by atoms with E-state index in [1.807, 2.05) is 25.3 Å². The van der Waals surface area contributed by atoms with Crippen LogP contribution < -0.4 is 15.0 Å². The van der Waals surface area contributed by atoms with Gasteiger partial charge in [-0.2, -0.15) is 4.57 Å². The second-order valence-electron chi connectivity index (χ2n) is 4.57. The van der Waals surface area contributed by atoms with Gasteiger partial charge in [-0.15, -0.1) is 17.9 Å². The Morgan fingerprint density at radius 2 is 2.27 bits per heavy atom. The second-order valence-corrected chi connectivity index (χ2v) is 6.69. The van der Waals surface area contributed by atoms with E-state index in [4.69, 9.17) is 23.8 Å². The number of nitrogens with one attached hydrogen (secondary N) is 1. The van der Waals surface area contributed by atoms with Crippen molar-refractivity contribution in [1.29, 1.82) is 0 Å². The van der Waals surface area contributed by atoms with Gasteiger partial charge in [0.2, 0.25) is 5.70 Å². The highest BCUT2D eigenvalue weighted by atomic mass is 35.5. The Labute approximate surface area is 144 Å². The highest BCUT2D eigenvalue weighted by Crippen LogP contribution is 2.26. The molecule has 1 N–H and O–H groups in total. The highest BCUT2D eigenvalue weighted by molar-refractivity contribution is 7.81. The Bertz CT molecular complexity index is 737. The molecule has 2 aromatic rings. The third kappa shape index (κ3) is 3.94. The quantitative estimate of drug-likeness (QED) is 0.296.